The number of ether oxygens (including phenoxy) is 1. The van der Waals surface area contributed by atoms with Crippen molar-refractivity contribution in [1.29, 1.82) is 0 Å². The molecule has 1 unspecified atom stereocenters. The quantitative estimate of drug-likeness (QED) is 0.297. The lowest BCUT2D eigenvalue weighted by Crippen LogP contribution is -2.30. The molecule has 5 nitrogen and oxygen atoms in total. The number of hydrogen-bond acceptors (Lipinski definition) is 4. The first kappa shape index (κ1) is 25.5. The smallest absolute Gasteiger partial charge is 0.295 e. The topological polar surface area (TPSA) is 66.8 Å². The molecule has 1 fully saturated rings. The Morgan fingerprint density at radius 1 is 1.09 bits per heavy atom. The highest BCUT2D eigenvalue weighted by Gasteiger charge is 2.45. The molecule has 0 bridgehead atoms. The summed E-state index contributed by atoms with van der Waals surface area (Å²) in [5, 5.41) is 11.3. The van der Waals surface area contributed by atoms with Gasteiger partial charge in [0.05, 0.1) is 17.7 Å². The number of Topliss-reactive ketones (excluding diaryl/α,β-unsaturated/α-hetero) is 1. The highest BCUT2D eigenvalue weighted by Crippen LogP contribution is 2.40. The van der Waals surface area contributed by atoms with Crippen LogP contribution in [0.3, 0.4) is 0 Å². The second-order valence-corrected chi connectivity index (χ2v) is 10.4. The van der Waals surface area contributed by atoms with Crippen LogP contribution < -0.4 is 4.74 Å². The molecule has 1 heterocycles. The van der Waals surface area contributed by atoms with Crippen molar-refractivity contribution in [3.63, 3.8) is 0 Å². The molecule has 34 heavy (non-hydrogen) atoms. The van der Waals surface area contributed by atoms with E-state index >= 15 is 0 Å². The molecule has 1 N–H and O–H groups in total. The molecule has 0 saturated carbocycles. The Bertz CT molecular complexity index is 1090. The number of nitrogens with zero attached hydrogens (tertiary/aromatic N) is 1. The number of aliphatic hydroxyl groups is 1. The molecule has 182 valence electrons. The van der Waals surface area contributed by atoms with E-state index in [-0.39, 0.29) is 22.9 Å². The zero-order valence-electron chi connectivity index (χ0n) is 21.4. The van der Waals surface area contributed by atoms with Crippen molar-refractivity contribution in [3.8, 4) is 5.75 Å². The van der Waals surface area contributed by atoms with Gasteiger partial charge in [0.1, 0.15) is 11.5 Å². The predicted octanol–water partition coefficient (Wildman–Crippen LogP) is 6.30. The largest absolute Gasteiger partial charge is 0.507 e. The number of rotatable bonds is 7. The van der Waals surface area contributed by atoms with E-state index in [9.17, 15) is 14.7 Å². The summed E-state index contributed by atoms with van der Waals surface area (Å²) >= 11 is 0. The van der Waals surface area contributed by atoms with Crippen molar-refractivity contribution in [3.05, 3.63) is 70.3 Å². The summed E-state index contributed by atoms with van der Waals surface area (Å²) in [5.74, 6) is -0.624. The zero-order chi connectivity index (χ0) is 25.2. The minimum absolute atomic E-state index is 0.0140. The lowest BCUT2D eigenvalue weighted by molar-refractivity contribution is -0.139. The standard InChI is InChI=1S/C29H37NO4/c1-8-9-16-30-25(20-10-13-22(14-11-20)29(5,6)7)24(27(32)28(30)33)26(31)21-12-15-23(19(4)17-21)34-18(2)3/h10-15,17-18,25,31H,8-9,16H2,1-7H3/b26-24-. The van der Waals surface area contributed by atoms with Gasteiger partial charge >= 0.3 is 0 Å². The zero-order valence-corrected chi connectivity index (χ0v) is 21.4. The van der Waals surface area contributed by atoms with E-state index in [4.69, 9.17) is 4.74 Å². The third-order valence-electron chi connectivity index (χ3n) is 6.20. The van der Waals surface area contributed by atoms with Crippen LogP contribution in [0.15, 0.2) is 48.0 Å². The van der Waals surface area contributed by atoms with E-state index in [2.05, 4.69) is 20.8 Å². The number of unbranched alkanes of at least 4 members (excludes halogenated alkanes) is 1. The molecule has 1 atom stereocenters. The van der Waals surface area contributed by atoms with Crippen LogP contribution in [0, 0.1) is 6.92 Å². The first-order valence-corrected chi connectivity index (χ1v) is 12.1. The molecule has 3 rings (SSSR count). The third kappa shape index (κ3) is 5.19. The average molecular weight is 464 g/mol. The third-order valence-corrected chi connectivity index (χ3v) is 6.20. The van der Waals surface area contributed by atoms with Crippen molar-refractivity contribution < 1.29 is 19.4 Å². The van der Waals surface area contributed by atoms with E-state index in [1.165, 1.54) is 0 Å². The summed E-state index contributed by atoms with van der Waals surface area (Å²) in [7, 11) is 0. The van der Waals surface area contributed by atoms with Crippen LogP contribution >= 0.6 is 0 Å². The van der Waals surface area contributed by atoms with E-state index in [1.807, 2.05) is 52.0 Å². The minimum atomic E-state index is -0.640. The van der Waals surface area contributed by atoms with Gasteiger partial charge < -0.3 is 14.7 Å². The SMILES string of the molecule is CCCCN1C(=O)C(=O)/C(=C(\O)c2ccc(OC(C)C)c(C)c2)C1c1ccc(C(C)(C)C)cc1. The van der Waals surface area contributed by atoms with Crippen LogP contribution in [0.4, 0.5) is 0 Å². The van der Waals surface area contributed by atoms with Gasteiger partial charge in [0.2, 0.25) is 0 Å². The predicted molar refractivity (Wildman–Crippen MR) is 136 cm³/mol. The number of hydrogen-bond donors (Lipinski definition) is 1. The molecule has 1 aliphatic heterocycles. The summed E-state index contributed by atoms with van der Waals surface area (Å²) in [5.41, 5.74) is 3.46. The molecule has 2 aromatic rings. The molecule has 0 spiro atoms. The number of carbonyl (C=O) groups is 2. The van der Waals surface area contributed by atoms with Gasteiger partial charge in [0.15, 0.2) is 0 Å². The van der Waals surface area contributed by atoms with E-state index in [0.717, 1.165) is 35.3 Å². The highest BCUT2D eigenvalue weighted by molar-refractivity contribution is 6.46. The van der Waals surface area contributed by atoms with Gasteiger partial charge in [-0.1, -0.05) is 58.4 Å². The Kier molecular flexibility index (Phi) is 7.54. The number of ketones is 1. The van der Waals surface area contributed by atoms with E-state index in [0.29, 0.717) is 12.1 Å². The van der Waals surface area contributed by atoms with Gasteiger partial charge in [0, 0.05) is 12.1 Å². The maximum absolute atomic E-state index is 13.2. The second-order valence-electron chi connectivity index (χ2n) is 10.4. The van der Waals surface area contributed by atoms with Gasteiger partial charge in [0.25, 0.3) is 11.7 Å². The van der Waals surface area contributed by atoms with Crippen LogP contribution in [0.5, 0.6) is 5.75 Å². The number of aliphatic hydroxyl groups excluding tert-OH is 1. The molecule has 0 aliphatic carbocycles. The Morgan fingerprint density at radius 3 is 2.26 bits per heavy atom. The van der Waals surface area contributed by atoms with Crippen molar-refractivity contribution in [2.75, 3.05) is 6.54 Å². The number of amides is 1. The number of carbonyl (C=O) groups excluding carboxylic acids is 2. The Hall–Kier alpha value is -3.08. The van der Waals surface area contributed by atoms with Crippen LogP contribution in [0.1, 0.15) is 82.7 Å². The maximum Gasteiger partial charge on any atom is 0.295 e. The van der Waals surface area contributed by atoms with Gasteiger partial charge in [-0.2, -0.15) is 0 Å². The van der Waals surface area contributed by atoms with Crippen molar-refractivity contribution in [2.45, 2.75) is 78.9 Å². The molecule has 1 amide bonds. The fourth-order valence-corrected chi connectivity index (χ4v) is 4.29. The average Bonchev–Trinajstić information content (AvgIpc) is 3.02. The molecular weight excluding hydrogens is 426 g/mol. The lowest BCUT2D eigenvalue weighted by Gasteiger charge is -2.26. The normalized spacial score (nSPS) is 18.1. The second kappa shape index (κ2) is 10.0. The summed E-state index contributed by atoms with van der Waals surface area (Å²) in [6.07, 6.45) is 1.71. The monoisotopic (exact) mass is 463 g/mol. The van der Waals surface area contributed by atoms with Gasteiger partial charge in [-0.25, -0.2) is 0 Å². The van der Waals surface area contributed by atoms with Gasteiger partial charge in [-0.3, -0.25) is 9.59 Å². The van der Waals surface area contributed by atoms with Crippen molar-refractivity contribution in [2.24, 2.45) is 0 Å². The first-order valence-electron chi connectivity index (χ1n) is 12.1. The summed E-state index contributed by atoms with van der Waals surface area (Å²) in [4.78, 5) is 27.8. The van der Waals surface area contributed by atoms with Gasteiger partial charge in [-0.05, 0) is 67.5 Å². The molecule has 0 aromatic heterocycles. The van der Waals surface area contributed by atoms with Crippen LogP contribution in [0.25, 0.3) is 5.76 Å². The van der Waals surface area contributed by atoms with Crippen LogP contribution in [-0.4, -0.2) is 34.3 Å². The van der Waals surface area contributed by atoms with Crippen molar-refractivity contribution >= 4 is 17.4 Å². The van der Waals surface area contributed by atoms with Crippen LogP contribution in [-0.2, 0) is 15.0 Å². The molecule has 2 aromatic carbocycles. The highest BCUT2D eigenvalue weighted by atomic mass is 16.5. The minimum Gasteiger partial charge on any atom is -0.507 e. The lowest BCUT2D eigenvalue weighted by atomic mass is 9.85. The summed E-state index contributed by atoms with van der Waals surface area (Å²) < 4.78 is 5.81. The Morgan fingerprint density at radius 2 is 1.74 bits per heavy atom. The van der Waals surface area contributed by atoms with E-state index < -0.39 is 17.7 Å². The molecule has 1 saturated heterocycles. The maximum atomic E-state index is 13.2. The molecule has 1 aliphatic rings. The molecule has 5 heteroatoms. The Labute approximate surface area is 203 Å². The van der Waals surface area contributed by atoms with Crippen molar-refractivity contribution in [1.82, 2.24) is 4.90 Å². The fourth-order valence-electron chi connectivity index (χ4n) is 4.29. The first-order chi connectivity index (χ1) is 16.0. The molecule has 0 radical (unpaired) electrons. The van der Waals surface area contributed by atoms with Crippen LogP contribution in [0.2, 0.25) is 0 Å². The summed E-state index contributed by atoms with van der Waals surface area (Å²) in [6, 6.07) is 12.7. The van der Waals surface area contributed by atoms with E-state index in [1.54, 1.807) is 23.1 Å². The Balaban J connectivity index is 2.12. The summed E-state index contributed by atoms with van der Waals surface area (Å²) in [6.45, 7) is 14.7. The molecular formula is C29H37NO4. The number of likely N-dealkylation sites (tertiary alicyclic amines) is 1. The van der Waals surface area contributed by atoms with Gasteiger partial charge in [-0.15, -0.1) is 0 Å². The number of aryl methyl sites for hydroxylation is 1. The fraction of sp³-hybridized carbons (Fsp3) is 0.448. The number of benzene rings is 2.